The minimum absolute atomic E-state index is 0.0856. The van der Waals surface area contributed by atoms with Gasteiger partial charge >= 0.3 is 12.1 Å². The van der Waals surface area contributed by atoms with Crippen LogP contribution in [-0.2, 0) is 21.2 Å². The van der Waals surface area contributed by atoms with Crippen LogP contribution in [0.4, 0.5) is 13.2 Å². The zero-order valence-electron chi connectivity index (χ0n) is 11.0. The molecule has 1 aromatic rings. The Labute approximate surface area is 127 Å². The number of alkyl halides is 3. The van der Waals surface area contributed by atoms with Gasteiger partial charge in [0.05, 0.1) is 13.4 Å². The molecule has 0 bridgehead atoms. The monoisotopic (exact) mass is 332 g/mol. The van der Waals surface area contributed by atoms with Crippen LogP contribution in [0.3, 0.4) is 0 Å². The van der Waals surface area contributed by atoms with Gasteiger partial charge in [-0.3, -0.25) is 4.55 Å². The van der Waals surface area contributed by atoms with E-state index in [1.807, 2.05) is 0 Å². The van der Waals surface area contributed by atoms with E-state index < -0.39 is 34.1 Å². The second kappa shape index (κ2) is 6.74. The standard InChI is InChI=1S/C11H9B2F3O5S/c12-4-6-1-2-7(13)3-8(6)10(17)21-9(11(14,15)16)5-22(18,19)20/h1-3,9H,4-5H2,(H,18,19,20). The maximum atomic E-state index is 12.7. The first-order valence-electron chi connectivity index (χ1n) is 5.75. The maximum Gasteiger partial charge on any atom is 0.426 e. The van der Waals surface area contributed by atoms with E-state index in [1.54, 1.807) is 0 Å². The molecule has 4 radical (unpaired) electrons. The Morgan fingerprint density at radius 3 is 2.41 bits per heavy atom. The molecule has 0 amide bonds. The summed E-state index contributed by atoms with van der Waals surface area (Å²) < 4.78 is 72.0. The van der Waals surface area contributed by atoms with Crippen molar-refractivity contribution in [3.63, 3.8) is 0 Å². The first kappa shape index (κ1) is 18.6. The van der Waals surface area contributed by atoms with E-state index in [0.29, 0.717) is 0 Å². The summed E-state index contributed by atoms with van der Waals surface area (Å²) in [5.41, 5.74) is -0.0541. The van der Waals surface area contributed by atoms with E-state index in [2.05, 4.69) is 4.74 Å². The molecule has 0 spiro atoms. The van der Waals surface area contributed by atoms with Crippen molar-refractivity contribution < 1.29 is 35.7 Å². The molecule has 0 saturated heterocycles. The summed E-state index contributed by atoms with van der Waals surface area (Å²) in [6.07, 6.45) is -8.35. The fraction of sp³-hybridized carbons (Fsp3) is 0.364. The zero-order chi connectivity index (χ0) is 17.1. The third-order valence-electron chi connectivity index (χ3n) is 2.55. The average Bonchev–Trinajstić information content (AvgIpc) is 2.35. The molecule has 22 heavy (non-hydrogen) atoms. The van der Waals surface area contributed by atoms with Gasteiger partial charge < -0.3 is 4.74 Å². The third kappa shape index (κ3) is 5.38. The van der Waals surface area contributed by atoms with E-state index in [4.69, 9.17) is 20.2 Å². The molecule has 11 heteroatoms. The molecule has 1 rings (SSSR count). The molecular formula is C11H9B2F3O5S. The van der Waals surface area contributed by atoms with Gasteiger partial charge in [-0.25, -0.2) is 4.79 Å². The van der Waals surface area contributed by atoms with Gasteiger partial charge in [0.25, 0.3) is 10.1 Å². The van der Waals surface area contributed by atoms with E-state index in [0.717, 1.165) is 6.07 Å². The van der Waals surface area contributed by atoms with Crippen LogP contribution < -0.4 is 5.46 Å². The molecule has 0 heterocycles. The second-order valence-corrected chi connectivity index (χ2v) is 5.80. The smallest absolute Gasteiger partial charge is 0.426 e. The van der Waals surface area contributed by atoms with Crippen molar-refractivity contribution in [3.05, 3.63) is 29.3 Å². The second-order valence-electron chi connectivity index (χ2n) is 4.30. The lowest BCUT2D eigenvalue weighted by atomic mass is 9.87. The predicted molar refractivity (Wildman–Crippen MR) is 73.0 cm³/mol. The zero-order valence-corrected chi connectivity index (χ0v) is 11.8. The van der Waals surface area contributed by atoms with Gasteiger partial charge in [0.2, 0.25) is 6.10 Å². The number of carbonyl (C=O) groups is 1. The number of hydrogen-bond donors (Lipinski definition) is 1. The molecule has 1 unspecified atom stereocenters. The van der Waals surface area contributed by atoms with Gasteiger partial charge in [0, 0.05) is 0 Å². The van der Waals surface area contributed by atoms with E-state index >= 15 is 0 Å². The number of halogens is 3. The average molecular weight is 332 g/mol. The predicted octanol–water partition coefficient (Wildman–Crippen LogP) is 0.124. The fourth-order valence-corrected chi connectivity index (χ4v) is 2.18. The Kier molecular flexibility index (Phi) is 5.69. The summed E-state index contributed by atoms with van der Waals surface area (Å²) in [7, 11) is 5.78. The Hall–Kier alpha value is -1.48. The van der Waals surface area contributed by atoms with Crippen molar-refractivity contribution in [2.24, 2.45) is 0 Å². The first-order valence-corrected chi connectivity index (χ1v) is 7.36. The van der Waals surface area contributed by atoms with Crippen molar-refractivity contribution in [1.82, 2.24) is 0 Å². The lowest BCUT2D eigenvalue weighted by Gasteiger charge is -2.20. The highest BCUT2D eigenvalue weighted by molar-refractivity contribution is 7.85. The topological polar surface area (TPSA) is 80.7 Å². The molecule has 0 aliphatic carbocycles. The molecule has 0 aliphatic heterocycles. The first-order chi connectivity index (χ1) is 9.94. The molecular weight excluding hydrogens is 323 g/mol. The third-order valence-corrected chi connectivity index (χ3v) is 3.27. The number of benzene rings is 1. The molecule has 0 aliphatic rings. The molecule has 1 aromatic carbocycles. The molecule has 0 fully saturated rings. The lowest BCUT2D eigenvalue weighted by Crippen LogP contribution is -2.39. The summed E-state index contributed by atoms with van der Waals surface area (Å²) >= 11 is 0. The Balaban J connectivity index is 3.09. The Morgan fingerprint density at radius 1 is 1.36 bits per heavy atom. The van der Waals surface area contributed by atoms with Crippen LogP contribution in [0.1, 0.15) is 15.9 Å². The van der Waals surface area contributed by atoms with Gasteiger partial charge in [-0.15, -0.1) is 0 Å². The van der Waals surface area contributed by atoms with Gasteiger partial charge in [-0.05, 0) is 5.56 Å². The van der Waals surface area contributed by atoms with Crippen molar-refractivity contribution >= 4 is 37.2 Å². The van der Waals surface area contributed by atoms with Crippen molar-refractivity contribution in [2.45, 2.75) is 18.6 Å². The van der Waals surface area contributed by atoms with Gasteiger partial charge in [0.1, 0.15) is 13.6 Å². The molecule has 116 valence electrons. The summed E-state index contributed by atoms with van der Waals surface area (Å²) in [6, 6.07) is 3.78. The highest BCUT2D eigenvalue weighted by atomic mass is 32.2. The number of hydrogen-bond acceptors (Lipinski definition) is 4. The molecule has 5 nitrogen and oxygen atoms in total. The normalized spacial score (nSPS) is 13.6. The summed E-state index contributed by atoms with van der Waals surface area (Å²) in [5, 5.41) is 0. The van der Waals surface area contributed by atoms with Crippen LogP contribution in [0.5, 0.6) is 0 Å². The van der Waals surface area contributed by atoms with E-state index in [-0.39, 0.29) is 22.9 Å². The highest BCUT2D eigenvalue weighted by Crippen LogP contribution is 2.25. The van der Waals surface area contributed by atoms with Gasteiger partial charge in [-0.1, -0.05) is 30.0 Å². The van der Waals surface area contributed by atoms with E-state index in [1.165, 1.54) is 12.1 Å². The van der Waals surface area contributed by atoms with Crippen molar-refractivity contribution in [3.8, 4) is 0 Å². The van der Waals surface area contributed by atoms with Crippen LogP contribution in [0.25, 0.3) is 0 Å². The van der Waals surface area contributed by atoms with E-state index in [9.17, 15) is 26.4 Å². The molecule has 0 saturated carbocycles. The van der Waals surface area contributed by atoms with Gasteiger partial charge in [-0.2, -0.15) is 21.6 Å². The Bertz CT molecular complexity index is 660. The SMILES string of the molecule is [B]Cc1ccc([B])cc1C(=O)OC(CS(=O)(=O)O)C(F)(F)F. The van der Waals surface area contributed by atoms with Crippen molar-refractivity contribution in [1.29, 1.82) is 0 Å². The van der Waals surface area contributed by atoms with Crippen LogP contribution in [0.15, 0.2) is 18.2 Å². The number of carbonyl (C=O) groups excluding carboxylic acids is 1. The summed E-state index contributed by atoms with van der Waals surface area (Å²) in [4.78, 5) is 11.8. The number of ether oxygens (including phenoxy) is 1. The largest absolute Gasteiger partial charge is 0.448 e. The molecule has 1 N–H and O–H groups in total. The Morgan fingerprint density at radius 2 is 1.95 bits per heavy atom. The van der Waals surface area contributed by atoms with Crippen LogP contribution >= 0.6 is 0 Å². The van der Waals surface area contributed by atoms with Crippen LogP contribution in [0, 0.1) is 0 Å². The summed E-state index contributed by atoms with van der Waals surface area (Å²) in [6.45, 7) is 0. The number of esters is 1. The lowest BCUT2D eigenvalue weighted by molar-refractivity contribution is -0.197. The summed E-state index contributed by atoms with van der Waals surface area (Å²) in [5.74, 6) is -3.25. The van der Waals surface area contributed by atoms with Crippen LogP contribution in [-0.4, -0.2) is 52.7 Å². The minimum atomic E-state index is -5.17. The highest BCUT2D eigenvalue weighted by Gasteiger charge is 2.45. The van der Waals surface area contributed by atoms with Gasteiger partial charge in [0.15, 0.2) is 0 Å². The molecule has 1 atom stereocenters. The van der Waals surface area contributed by atoms with Crippen LogP contribution in [0.2, 0.25) is 0 Å². The quantitative estimate of drug-likeness (QED) is 0.471. The number of rotatable bonds is 5. The minimum Gasteiger partial charge on any atom is -0.448 e. The molecule has 0 aromatic heterocycles. The maximum absolute atomic E-state index is 12.7. The fourth-order valence-electron chi connectivity index (χ4n) is 1.54. The van der Waals surface area contributed by atoms with Crippen molar-refractivity contribution in [2.75, 3.05) is 5.75 Å².